The summed E-state index contributed by atoms with van der Waals surface area (Å²) in [6, 6.07) is 0. The first-order chi connectivity index (χ1) is 6.54. The lowest BCUT2D eigenvalue weighted by Gasteiger charge is -2.42. The van der Waals surface area contributed by atoms with E-state index in [-0.39, 0.29) is 0 Å². The summed E-state index contributed by atoms with van der Waals surface area (Å²) in [6.07, 6.45) is -7.11. The summed E-state index contributed by atoms with van der Waals surface area (Å²) in [7, 11) is 2.60. The lowest BCUT2D eigenvalue weighted by atomic mass is 9.85. The van der Waals surface area contributed by atoms with E-state index < -0.39 is 36.6 Å². The summed E-state index contributed by atoms with van der Waals surface area (Å²) < 4.78 is 9.63. The van der Waals surface area contributed by atoms with Gasteiger partial charge in [0.05, 0.1) is 0 Å². The smallest absolute Gasteiger partial charge is 0.114 e. The number of ether oxygens (including phenoxy) is 2. The standard InChI is InChI=1S/C8H16O6/c1-13-7-4(10)3(9)5(11)8(14-2)6(7)12/h3-12H,1-2H3/t3?,4-,5+,6?,7+,8-. The Balaban J connectivity index is 2.82. The molecule has 0 bridgehead atoms. The molecule has 1 aliphatic carbocycles. The lowest BCUT2D eigenvalue weighted by molar-refractivity contribution is -0.235. The van der Waals surface area contributed by atoms with E-state index in [1.807, 2.05) is 0 Å². The highest BCUT2D eigenvalue weighted by atomic mass is 16.5. The zero-order chi connectivity index (χ0) is 10.9. The second kappa shape index (κ2) is 4.52. The van der Waals surface area contributed by atoms with Crippen molar-refractivity contribution in [3.05, 3.63) is 0 Å². The van der Waals surface area contributed by atoms with E-state index in [1.165, 1.54) is 14.2 Å². The number of hydrogen-bond acceptors (Lipinski definition) is 6. The normalized spacial score (nSPS) is 49.3. The minimum atomic E-state index is -1.38. The minimum Gasteiger partial charge on any atom is -0.387 e. The Labute approximate surface area is 81.7 Å². The van der Waals surface area contributed by atoms with Crippen LogP contribution in [0, 0.1) is 0 Å². The average Bonchev–Trinajstić information content (AvgIpc) is 2.16. The molecule has 0 heterocycles. The monoisotopic (exact) mass is 208 g/mol. The molecule has 0 amide bonds. The zero-order valence-electron chi connectivity index (χ0n) is 8.07. The van der Waals surface area contributed by atoms with Gasteiger partial charge in [0.15, 0.2) is 0 Å². The number of aliphatic hydroxyl groups excluding tert-OH is 4. The first-order valence-corrected chi connectivity index (χ1v) is 4.32. The molecule has 6 atom stereocenters. The molecule has 1 rings (SSSR count). The fourth-order valence-corrected chi connectivity index (χ4v) is 1.74. The van der Waals surface area contributed by atoms with Crippen molar-refractivity contribution in [1.29, 1.82) is 0 Å². The maximum Gasteiger partial charge on any atom is 0.114 e. The van der Waals surface area contributed by atoms with Crippen LogP contribution in [0.1, 0.15) is 0 Å². The predicted molar refractivity (Wildman–Crippen MR) is 45.6 cm³/mol. The van der Waals surface area contributed by atoms with Crippen LogP contribution >= 0.6 is 0 Å². The van der Waals surface area contributed by atoms with Crippen molar-refractivity contribution < 1.29 is 29.9 Å². The molecule has 0 aromatic rings. The van der Waals surface area contributed by atoms with Crippen molar-refractivity contribution in [2.75, 3.05) is 14.2 Å². The van der Waals surface area contributed by atoms with Gasteiger partial charge < -0.3 is 29.9 Å². The van der Waals surface area contributed by atoms with Crippen molar-refractivity contribution in [3.63, 3.8) is 0 Å². The number of aliphatic hydroxyl groups is 4. The Hall–Kier alpha value is -0.240. The van der Waals surface area contributed by atoms with Crippen molar-refractivity contribution in [2.45, 2.75) is 36.6 Å². The molecule has 0 aliphatic heterocycles. The molecule has 4 N–H and O–H groups in total. The summed E-state index contributed by atoms with van der Waals surface area (Å²) in [6.45, 7) is 0. The van der Waals surface area contributed by atoms with Crippen molar-refractivity contribution >= 4 is 0 Å². The molecule has 1 fully saturated rings. The maximum atomic E-state index is 9.61. The van der Waals surface area contributed by atoms with Crippen LogP contribution in [0.15, 0.2) is 0 Å². The summed E-state index contributed by atoms with van der Waals surface area (Å²) in [5.74, 6) is 0. The van der Waals surface area contributed by atoms with Gasteiger partial charge in [-0.3, -0.25) is 0 Å². The quantitative estimate of drug-likeness (QED) is 0.399. The second-order valence-corrected chi connectivity index (χ2v) is 3.36. The van der Waals surface area contributed by atoms with Crippen molar-refractivity contribution in [2.24, 2.45) is 0 Å². The molecule has 0 aromatic heterocycles. The molecule has 2 unspecified atom stereocenters. The van der Waals surface area contributed by atoms with Gasteiger partial charge in [0, 0.05) is 14.2 Å². The summed E-state index contributed by atoms with van der Waals surface area (Å²) in [5, 5.41) is 37.9. The van der Waals surface area contributed by atoms with Gasteiger partial charge in [0.1, 0.15) is 36.6 Å². The molecule has 6 heteroatoms. The summed E-state index contributed by atoms with van der Waals surface area (Å²) >= 11 is 0. The highest BCUT2D eigenvalue weighted by Crippen LogP contribution is 2.24. The highest BCUT2D eigenvalue weighted by Gasteiger charge is 2.49. The third-order valence-electron chi connectivity index (χ3n) is 2.59. The molecular weight excluding hydrogens is 192 g/mol. The molecule has 14 heavy (non-hydrogen) atoms. The average molecular weight is 208 g/mol. The number of rotatable bonds is 2. The van der Waals surface area contributed by atoms with Crippen LogP contribution in [0.4, 0.5) is 0 Å². The predicted octanol–water partition coefficient (Wildman–Crippen LogP) is -2.53. The van der Waals surface area contributed by atoms with Crippen LogP contribution in [0.3, 0.4) is 0 Å². The Morgan fingerprint density at radius 1 is 0.643 bits per heavy atom. The largest absolute Gasteiger partial charge is 0.387 e. The van der Waals surface area contributed by atoms with E-state index in [0.717, 1.165) is 0 Å². The fraction of sp³-hybridized carbons (Fsp3) is 1.00. The second-order valence-electron chi connectivity index (χ2n) is 3.36. The van der Waals surface area contributed by atoms with Crippen LogP contribution in [0.25, 0.3) is 0 Å². The maximum absolute atomic E-state index is 9.61. The van der Waals surface area contributed by atoms with Gasteiger partial charge in [-0.2, -0.15) is 0 Å². The molecule has 0 saturated heterocycles. The Bertz CT molecular complexity index is 169. The Kier molecular flexibility index (Phi) is 3.82. The Morgan fingerprint density at radius 3 is 1.29 bits per heavy atom. The van der Waals surface area contributed by atoms with Gasteiger partial charge in [-0.1, -0.05) is 0 Å². The van der Waals surface area contributed by atoms with Gasteiger partial charge in [-0.25, -0.2) is 0 Å². The third kappa shape index (κ3) is 1.77. The number of hydrogen-bond donors (Lipinski definition) is 4. The molecule has 0 radical (unpaired) electrons. The van der Waals surface area contributed by atoms with Crippen LogP contribution in [0.2, 0.25) is 0 Å². The molecule has 84 valence electrons. The van der Waals surface area contributed by atoms with Crippen LogP contribution in [-0.4, -0.2) is 71.3 Å². The van der Waals surface area contributed by atoms with Gasteiger partial charge >= 0.3 is 0 Å². The van der Waals surface area contributed by atoms with Gasteiger partial charge in [-0.15, -0.1) is 0 Å². The van der Waals surface area contributed by atoms with E-state index in [0.29, 0.717) is 0 Å². The lowest BCUT2D eigenvalue weighted by Crippen LogP contribution is -2.64. The van der Waals surface area contributed by atoms with Crippen molar-refractivity contribution in [3.8, 4) is 0 Å². The molecule has 0 spiro atoms. The molecule has 0 aromatic carbocycles. The van der Waals surface area contributed by atoms with E-state index in [9.17, 15) is 20.4 Å². The first-order valence-electron chi connectivity index (χ1n) is 4.32. The van der Waals surface area contributed by atoms with Crippen LogP contribution in [0.5, 0.6) is 0 Å². The fourth-order valence-electron chi connectivity index (χ4n) is 1.74. The SMILES string of the molecule is CO[C@@H]1C(O)[C@H](OC)[C@@H](O)C(O)[C@H]1O. The number of methoxy groups -OCH3 is 2. The van der Waals surface area contributed by atoms with Crippen LogP contribution in [-0.2, 0) is 9.47 Å². The van der Waals surface area contributed by atoms with Gasteiger partial charge in [0.2, 0.25) is 0 Å². The van der Waals surface area contributed by atoms with Gasteiger partial charge in [-0.05, 0) is 0 Å². The van der Waals surface area contributed by atoms with E-state index >= 15 is 0 Å². The summed E-state index contributed by atoms with van der Waals surface area (Å²) in [4.78, 5) is 0. The van der Waals surface area contributed by atoms with Crippen LogP contribution < -0.4 is 0 Å². The Morgan fingerprint density at radius 2 is 1.00 bits per heavy atom. The van der Waals surface area contributed by atoms with E-state index in [2.05, 4.69) is 0 Å². The zero-order valence-corrected chi connectivity index (χ0v) is 8.07. The molecular formula is C8H16O6. The van der Waals surface area contributed by atoms with E-state index in [1.54, 1.807) is 0 Å². The minimum absolute atomic E-state index is 0.960. The first kappa shape index (κ1) is 11.8. The summed E-state index contributed by atoms with van der Waals surface area (Å²) in [5.41, 5.74) is 0. The van der Waals surface area contributed by atoms with Gasteiger partial charge in [0.25, 0.3) is 0 Å². The molecule has 1 aliphatic rings. The van der Waals surface area contributed by atoms with E-state index in [4.69, 9.17) is 9.47 Å². The van der Waals surface area contributed by atoms with Crippen molar-refractivity contribution in [1.82, 2.24) is 0 Å². The highest BCUT2D eigenvalue weighted by molar-refractivity contribution is 4.99. The third-order valence-corrected chi connectivity index (χ3v) is 2.59. The molecule has 6 nitrogen and oxygen atoms in total. The topological polar surface area (TPSA) is 99.4 Å². The molecule has 1 saturated carbocycles.